The van der Waals surface area contributed by atoms with E-state index in [2.05, 4.69) is 9.97 Å². The van der Waals surface area contributed by atoms with E-state index in [1.54, 1.807) is 4.90 Å². The van der Waals surface area contributed by atoms with Crippen molar-refractivity contribution < 1.29 is 23.8 Å². The van der Waals surface area contributed by atoms with E-state index in [0.717, 1.165) is 0 Å². The van der Waals surface area contributed by atoms with Gasteiger partial charge in [0, 0.05) is 31.5 Å². The number of rotatable bonds is 2. The fourth-order valence-electron chi connectivity index (χ4n) is 3.72. The Labute approximate surface area is 168 Å². The molecule has 2 atom stereocenters. The van der Waals surface area contributed by atoms with Crippen LogP contribution < -0.4 is 4.90 Å². The van der Waals surface area contributed by atoms with Gasteiger partial charge in [0.15, 0.2) is 0 Å². The Morgan fingerprint density at radius 3 is 2.21 bits per heavy atom. The molecule has 0 spiro atoms. The van der Waals surface area contributed by atoms with Crippen molar-refractivity contribution in [3.8, 4) is 0 Å². The summed E-state index contributed by atoms with van der Waals surface area (Å²) in [7, 11) is 0. The molecular formula is C20H25FN4O4. The molecule has 0 aliphatic carbocycles. The first-order valence-corrected chi connectivity index (χ1v) is 9.42. The third-order valence-corrected chi connectivity index (χ3v) is 4.76. The van der Waals surface area contributed by atoms with E-state index in [9.17, 15) is 19.1 Å². The second-order valence-electron chi connectivity index (χ2n) is 8.30. The van der Waals surface area contributed by atoms with E-state index in [-0.39, 0.29) is 17.6 Å². The fourth-order valence-corrected chi connectivity index (χ4v) is 3.72. The predicted molar refractivity (Wildman–Crippen MR) is 106 cm³/mol. The summed E-state index contributed by atoms with van der Waals surface area (Å²) < 4.78 is 20.1. The Morgan fingerprint density at radius 2 is 1.69 bits per heavy atom. The first kappa shape index (κ1) is 20.8. The lowest BCUT2D eigenvalue weighted by Crippen LogP contribution is -2.59. The number of ether oxygens (including phenoxy) is 1. The van der Waals surface area contributed by atoms with Gasteiger partial charge in [-0.2, -0.15) is 0 Å². The molecule has 2 heterocycles. The molecule has 3 rings (SSSR count). The number of hydrogen-bond donors (Lipinski definition) is 1. The first-order valence-electron chi connectivity index (χ1n) is 9.42. The van der Waals surface area contributed by atoms with Gasteiger partial charge in [0.25, 0.3) is 0 Å². The monoisotopic (exact) mass is 404 g/mol. The van der Waals surface area contributed by atoms with Gasteiger partial charge < -0.3 is 14.7 Å². The number of carbonyl (C=O) groups excluding carboxylic acids is 1. The smallest absolute Gasteiger partial charge is 0.410 e. The van der Waals surface area contributed by atoms with E-state index in [0.29, 0.717) is 24.3 Å². The molecule has 0 bridgehead atoms. The molecule has 1 saturated heterocycles. The first-order chi connectivity index (χ1) is 13.5. The number of aromatic nitrogens is 2. The molecule has 1 aromatic heterocycles. The summed E-state index contributed by atoms with van der Waals surface area (Å²) in [6, 6.07) is 0.772. The van der Waals surface area contributed by atoms with Crippen LogP contribution in [0, 0.1) is 5.82 Å². The van der Waals surface area contributed by atoms with Crippen molar-refractivity contribution in [3.63, 3.8) is 0 Å². The largest absolute Gasteiger partial charge is 0.478 e. The fraction of sp³-hybridized carbons (Fsp3) is 0.500. The van der Waals surface area contributed by atoms with Crippen molar-refractivity contribution in [2.75, 3.05) is 18.0 Å². The van der Waals surface area contributed by atoms with Gasteiger partial charge in [-0.25, -0.2) is 14.0 Å². The zero-order chi connectivity index (χ0) is 21.5. The molecule has 156 valence electrons. The molecule has 2 aromatic rings. The predicted octanol–water partition coefficient (Wildman–Crippen LogP) is 3.30. The molecule has 0 unspecified atom stereocenters. The van der Waals surface area contributed by atoms with Crippen LogP contribution in [0.15, 0.2) is 18.5 Å². The van der Waals surface area contributed by atoms with Gasteiger partial charge in [0.05, 0.1) is 17.8 Å². The minimum Gasteiger partial charge on any atom is -0.478 e. The minimum atomic E-state index is -1.39. The maximum absolute atomic E-state index is 14.6. The Hall–Kier alpha value is -2.97. The normalized spacial score (nSPS) is 20.1. The van der Waals surface area contributed by atoms with Gasteiger partial charge in [-0.3, -0.25) is 14.9 Å². The second kappa shape index (κ2) is 7.46. The molecule has 0 saturated carbocycles. The van der Waals surface area contributed by atoms with Gasteiger partial charge in [-0.15, -0.1) is 0 Å². The zero-order valence-electron chi connectivity index (χ0n) is 17.1. The molecule has 1 aliphatic rings. The SMILES string of the molecule is C[C@@H]1CN(c2cc(F)c(C(=O)O)c3nccnc23)C[C@H](C)N1C(=O)OC(C)(C)C. The van der Waals surface area contributed by atoms with E-state index < -0.39 is 29.0 Å². The van der Waals surface area contributed by atoms with Gasteiger partial charge in [-0.1, -0.05) is 0 Å². The Morgan fingerprint density at radius 1 is 1.14 bits per heavy atom. The number of halogens is 1. The van der Waals surface area contributed by atoms with Gasteiger partial charge in [0.1, 0.15) is 28.0 Å². The number of anilines is 1. The van der Waals surface area contributed by atoms with Crippen LogP contribution in [0.2, 0.25) is 0 Å². The van der Waals surface area contributed by atoms with Gasteiger partial charge >= 0.3 is 12.1 Å². The van der Waals surface area contributed by atoms with Crippen molar-refractivity contribution in [2.45, 2.75) is 52.3 Å². The van der Waals surface area contributed by atoms with Crippen LogP contribution in [0.1, 0.15) is 45.0 Å². The molecule has 29 heavy (non-hydrogen) atoms. The van der Waals surface area contributed by atoms with Crippen LogP contribution in [0.5, 0.6) is 0 Å². The summed E-state index contributed by atoms with van der Waals surface area (Å²) >= 11 is 0. The molecule has 1 N–H and O–H groups in total. The van der Waals surface area contributed by atoms with E-state index >= 15 is 0 Å². The summed E-state index contributed by atoms with van der Waals surface area (Å²) in [4.78, 5) is 36.0. The summed E-state index contributed by atoms with van der Waals surface area (Å²) in [5.74, 6) is -2.26. The van der Waals surface area contributed by atoms with Crippen molar-refractivity contribution in [1.82, 2.24) is 14.9 Å². The average molecular weight is 404 g/mol. The second-order valence-corrected chi connectivity index (χ2v) is 8.30. The summed E-state index contributed by atoms with van der Waals surface area (Å²) in [5.41, 5.74) is -0.320. The number of hydrogen-bond acceptors (Lipinski definition) is 6. The van der Waals surface area contributed by atoms with Crippen LogP contribution in [0.25, 0.3) is 11.0 Å². The lowest BCUT2D eigenvalue weighted by molar-refractivity contribution is 0.00565. The number of fused-ring (bicyclic) bond motifs is 1. The van der Waals surface area contributed by atoms with Crippen molar-refractivity contribution >= 4 is 28.8 Å². The maximum Gasteiger partial charge on any atom is 0.410 e. The van der Waals surface area contributed by atoms with Crippen LogP contribution in [0.4, 0.5) is 14.9 Å². The number of carboxylic acid groups (broad SMARTS) is 1. The maximum atomic E-state index is 14.6. The number of aromatic carboxylic acids is 1. The molecule has 8 nitrogen and oxygen atoms in total. The van der Waals surface area contributed by atoms with Crippen LogP contribution in [-0.4, -0.2) is 62.8 Å². The number of piperazine rings is 1. The number of amides is 1. The zero-order valence-corrected chi connectivity index (χ0v) is 17.1. The summed E-state index contributed by atoms with van der Waals surface area (Å²) in [5, 5.41) is 9.36. The van der Waals surface area contributed by atoms with E-state index in [1.807, 2.05) is 39.5 Å². The number of nitrogens with zero attached hydrogens (tertiary/aromatic N) is 4. The molecule has 1 aliphatic heterocycles. The van der Waals surface area contributed by atoms with Crippen molar-refractivity contribution in [2.24, 2.45) is 0 Å². The molecule has 1 fully saturated rings. The third-order valence-electron chi connectivity index (χ3n) is 4.76. The lowest BCUT2D eigenvalue weighted by Gasteiger charge is -2.45. The van der Waals surface area contributed by atoms with E-state index in [4.69, 9.17) is 4.74 Å². The Kier molecular flexibility index (Phi) is 5.34. The highest BCUT2D eigenvalue weighted by Crippen LogP contribution is 2.32. The highest BCUT2D eigenvalue weighted by molar-refractivity contribution is 6.04. The van der Waals surface area contributed by atoms with E-state index in [1.165, 1.54) is 18.5 Å². The number of carbonyl (C=O) groups is 2. The summed E-state index contributed by atoms with van der Waals surface area (Å²) in [6.45, 7) is 10.1. The quantitative estimate of drug-likeness (QED) is 0.820. The topological polar surface area (TPSA) is 95.9 Å². The standard InChI is InChI=1S/C20H25FN4O4/c1-11-9-24(10-12(2)25(11)19(28)29-20(3,4)5)14-8-13(21)15(18(26)27)17-16(14)22-6-7-23-17/h6-8,11-12H,9-10H2,1-5H3,(H,26,27)/t11-,12+. The van der Waals surface area contributed by atoms with Gasteiger partial charge in [-0.05, 0) is 34.6 Å². The Balaban J connectivity index is 1.96. The highest BCUT2D eigenvalue weighted by atomic mass is 19.1. The Bertz CT molecular complexity index is 947. The van der Waals surface area contributed by atoms with Gasteiger partial charge in [0.2, 0.25) is 0 Å². The molecule has 1 amide bonds. The highest BCUT2D eigenvalue weighted by Gasteiger charge is 2.36. The lowest BCUT2D eigenvalue weighted by atomic mass is 10.1. The van der Waals surface area contributed by atoms with Crippen molar-refractivity contribution in [3.05, 3.63) is 29.8 Å². The molecule has 9 heteroatoms. The molecule has 1 aromatic carbocycles. The van der Waals surface area contributed by atoms with Crippen LogP contribution in [-0.2, 0) is 4.74 Å². The third kappa shape index (κ3) is 4.08. The number of carboxylic acids is 1. The average Bonchev–Trinajstić information content (AvgIpc) is 2.58. The minimum absolute atomic E-state index is 0.00452. The molecular weight excluding hydrogens is 379 g/mol. The van der Waals surface area contributed by atoms with Crippen LogP contribution in [0.3, 0.4) is 0 Å². The van der Waals surface area contributed by atoms with Crippen molar-refractivity contribution in [1.29, 1.82) is 0 Å². The number of benzene rings is 1. The molecule has 0 radical (unpaired) electrons. The summed E-state index contributed by atoms with van der Waals surface area (Å²) in [6.07, 6.45) is 2.39. The van der Waals surface area contributed by atoms with Crippen LogP contribution >= 0.6 is 0 Å².